The van der Waals surface area contributed by atoms with Gasteiger partial charge in [-0.25, -0.2) is 0 Å². The highest BCUT2D eigenvalue weighted by molar-refractivity contribution is 6.00. The van der Waals surface area contributed by atoms with Crippen molar-refractivity contribution in [3.05, 3.63) is 58.6 Å². The Hall–Kier alpha value is -2.93. The van der Waals surface area contributed by atoms with Crippen LogP contribution < -0.4 is 5.56 Å². The molecule has 28 heavy (non-hydrogen) atoms. The summed E-state index contributed by atoms with van der Waals surface area (Å²) in [5, 5.41) is 4.53. The van der Waals surface area contributed by atoms with E-state index in [4.69, 9.17) is 4.74 Å². The third-order valence-electron chi connectivity index (χ3n) is 5.15. The van der Waals surface area contributed by atoms with Gasteiger partial charge in [-0.1, -0.05) is 18.2 Å². The summed E-state index contributed by atoms with van der Waals surface area (Å²) in [7, 11) is 1.63. The molecule has 0 N–H and O–H groups in total. The number of para-hydroxylation sites is 1. The van der Waals surface area contributed by atoms with E-state index in [0.717, 1.165) is 32.4 Å². The zero-order valence-corrected chi connectivity index (χ0v) is 16.0. The van der Waals surface area contributed by atoms with E-state index in [-0.39, 0.29) is 11.5 Å². The highest BCUT2D eigenvalue weighted by atomic mass is 16.5. The van der Waals surface area contributed by atoms with Gasteiger partial charge in [-0.05, 0) is 31.4 Å². The van der Waals surface area contributed by atoms with E-state index in [1.807, 2.05) is 39.8 Å². The van der Waals surface area contributed by atoms with E-state index in [9.17, 15) is 9.59 Å². The van der Waals surface area contributed by atoms with Gasteiger partial charge in [0.15, 0.2) is 0 Å². The molecule has 7 heteroatoms. The fourth-order valence-corrected chi connectivity index (χ4v) is 3.65. The Morgan fingerprint density at radius 1 is 1.11 bits per heavy atom. The summed E-state index contributed by atoms with van der Waals surface area (Å²) >= 11 is 0. The molecule has 1 saturated heterocycles. The molecular formula is C21H24N4O3. The summed E-state index contributed by atoms with van der Waals surface area (Å²) in [4.78, 5) is 28.1. The number of aromatic nitrogens is 3. The summed E-state index contributed by atoms with van der Waals surface area (Å²) in [6.45, 7) is 2.55. The number of hydrogen-bond donors (Lipinski definition) is 0. The number of fused-ring (bicyclic) bond motifs is 1. The van der Waals surface area contributed by atoms with Crippen LogP contribution in [0, 0.1) is 0 Å². The number of nitrogens with zero attached hydrogens (tertiary/aromatic N) is 4. The van der Waals surface area contributed by atoms with Gasteiger partial charge < -0.3 is 14.2 Å². The maximum absolute atomic E-state index is 13.2. The Labute approximate surface area is 163 Å². The molecule has 1 aromatic carbocycles. The average molecular weight is 380 g/mol. The smallest absolute Gasteiger partial charge is 0.282 e. The van der Waals surface area contributed by atoms with Crippen molar-refractivity contribution in [2.45, 2.75) is 25.8 Å². The van der Waals surface area contributed by atoms with Gasteiger partial charge in [-0.15, -0.1) is 0 Å². The molecule has 0 spiro atoms. The number of ether oxygens (including phenoxy) is 1. The molecule has 0 aliphatic carbocycles. The van der Waals surface area contributed by atoms with Gasteiger partial charge in [0.1, 0.15) is 5.69 Å². The first-order chi connectivity index (χ1) is 13.7. The number of piperidine rings is 1. The zero-order chi connectivity index (χ0) is 19.5. The van der Waals surface area contributed by atoms with Crippen molar-refractivity contribution in [3.63, 3.8) is 0 Å². The topological polar surface area (TPSA) is 69.4 Å². The van der Waals surface area contributed by atoms with E-state index >= 15 is 0 Å². The second kappa shape index (κ2) is 7.98. The number of carbonyl (C=O) groups excluding carboxylic acids is 1. The predicted molar refractivity (Wildman–Crippen MR) is 106 cm³/mol. The van der Waals surface area contributed by atoms with Crippen LogP contribution >= 0.6 is 0 Å². The van der Waals surface area contributed by atoms with Gasteiger partial charge in [0.2, 0.25) is 0 Å². The first kappa shape index (κ1) is 18.4. The van der Waals surface area contributed by atoms with Crippen LogP contribution in [-0.4, -0.2) is 52.0 Å². The summed E-state index contributed by atoms with van der Waals surface area (Å²) < 4.78 is 8.39. The number of amides is 1. The Bertz CT molecular complexity index is 987. The molecule has 3 aliphatic rings. The quantitative estimate of drug-likeness (QED) is 0.682. The molecule has 0 saturated carbocycles. The molecule has 0 radical (unpaired) electrons. The number of pyridine rings is 1. The van der Waals surface area contributed by atoms with Crippen LogP contribution in [0.25, 0.3) is 16.9 Å². The van der Waals surface area contributed by atoms with Crippen LogP contribution in [0.15, 0.2) is 47.5 Å². The Morgan fingerprint density at radius 2 is 1.86 bits per heavy atom. The van der Waals surface area contributed by atoms with E-state index < -0.39 is 0 Å². The lowest BCUT2D eigenvalue weighted by molar-refractivity contribution is 0.0723. The van der Waals surface area contributed by atoms with Crippen molar-refractivity contribution in [2.75, 3.05) is 26.8 Å². The molecule has 146 valence electrons. The fraction of sp³-hybridized carbons (Fsp3) is 0.381. The molecule has 0 aromatic heterocycles. The number of likely N-dealkylation sites (tertiary alicyclic amines) is 1. The predicted octanol–water partition coefficient (Wildman–Crippen LogP) is 2.41. The number of methoxy groups -OCH3 is 1. The number of rotatable bonds is 5. The second-order valence-corrected chi connectivity index (χ2v) is 7.07. The molecule has 4 rings (SSSR count). The highest BCUT2D eigenvalue weighted by Gasteiger charge is 2.27. The molecule has 1 amide bonds. The van der Waals surface area contributed by atoms with Gasteiger partial charge in [0.05, 0.1) is 23.4 Å². The Morgan fingerprint density at radius 3 is 2.57 bits per heavy atom. The van der Waals surface area contributed by atoms with Crippen molar-refractivity contribution in [3.8, 4) is 16.9 Å². The number of carbonyl (C=O) groups is 1. The van der Waals surface area contributed by atoms with Crippen LogP contribution in [0.5, 0.6) is 0 Å². The van der Waals surface area contributed by atoms with Gasteiger partial charge in [-0.2, -0.15) is 9.78 Å². The molecule has 0 bridgehead atoms. The van der Waals surface area contributed by atoms with Crippen molar-refractivity contribution >= 4 is 5.91 Å². The van der Waals surface area contributed by atoms with E-state index in [2.05, 4.69) is 5.10 Å². The van der Waals surface area contributed by atoms with Crippen molar-refractivity contribution in [1.82, 2.24) is 19.2 Å². The molecule has 0 unspecified atom stereocenters. The maximum atomic E-state index is 13.2. The highest BCUT2D eigenvalue weighted by Crippen LogP contribution is 2.24. The summed E-state index contributed by atoms with van der Waals surface area (Å²) in [5.41, 5.74) is 1.84. The van der Waals surface area contributed by atoms with Crippen molar-refractivity contribution in [2.24, 2.45) is 0 Å². The second-order valence-electron chi connectivity index (χ2n) is 7.07. The summed E-state index contributed by atoms with van der Waals surface area (Å²) in [5.74, 6) is -0.0609. The zero-order valence-electron chi connectivity index (χ0n) is 16.0. The molecular weight excluding hydrogens is 356 g/mol. The summed E-state index contributed by atoms with van der Waals surface area (Å²) in [6.07, 6.45) is 6.72. The van der Waals surface area contributed by atoms with E-state index in [0.29, 0.717) is 35.7 Å². The van der Waals surface area contributed by atoms with Crippen LogP contribution in [0.4, 0.5) is 0 Å². The van der Waals surface area contributed by atoms with Crippen LogP contribution in [-0.2, 0) is 11.3 Å². The first-order valence-corrected chi connectivity index (χ1v) is 9.65. The lowest BCUT2D eigenvalue weighted by Crippen LogP contribution is -2.36. The van der Waals surface area contributed by atoms with Gasteiger partial charge in [0, 0.05) is 39.1 Å². The van der Waals surface area contributed by atoms with Crippen molar-refractivity contribution in [1.29, 1.82) is 0 Å². The number of hydrogen-bond acceptors (Lipinski definition) is 4. The molecule has 1 fully saturated rings. The van der Waals surface area contributed by atoms with Gasteiger partial charge in [-0.3, -0.25) is 9.59 Å². The molecule has 3 aliphatic heterocycles. The molecule has 1 aromatic rings. The van der Waals surface area contributed by atoms with Crippen LogP contribution in [0.2, 0.25) is 0 Å². The Kier molecular flexibility index (Phi) is 5.25. The minimum Gasteiger partial charge on any atom is -0.383 e. The SMILES string of the molecule is COCCn1cc(C(=O)N2CCCCC2)c2nn(-c3ccccc3)c(=O)c-2c1. The lowest BCUT2D eigenvalue weighted by atomic mass is 10.1. The lowest BCUT2D eigenvalue weighted by Gasteiger charge is -2.27. The third-order valence-corrected chi connectivity index (χ3v) is 5.15. The molecule has 3 heterocycles. The van der Waals surface area contributed by atoms with Gasteiger partial charge >= 0.3 is 0 Å². The minimum atomic E-state index is -0.222. The monoisotopic (exact) mass is 380 g/mol. The number of benzene rings is 1. The fourth-order valence-electron chi connectivity index (χ4n) is 3.65. The molecule has 0 atom stereocenters. The summed E-state index contributed by atoms with van der Waals surface area (Å²) in [6, 6.07) is 9.28. The molecule has 7 nitrogen and oxygen atoms in total. The largest absolute Gasteiger partial charge is 0.383 e. The van der Waals surface area contributed by atoms with E-state index in [1.54, 1.807) is 19.5 Å². The average Bonchev–Trinajstić information content (AvgIpc) is 3.09. The third kappa shape index (κ3) is 3.45. The van der Waals surface area contributed by atoms with Gasteiger partial charge in [0.25, 0.3) is 11.5 Å². The van der Waals surface area contributed by atoms with E-state index in [1.165, 1.54) is 4.68 Å². The standard InChI is InChI=1S/C21H24N4O3/c1-28-13-12-23-14-17(20(26)24-10-6-3-7-11-24)19-18(15-23)21(27)25(22-19)16-8-4-2-5-9-16/h2,4-5,8-9,14-15H,3,6-7,10-13H2,1H3. The van der Waals surface area contributed by atoms with Crippen LogP contribution in [0.3, 0.4) is 0 Å². The van der Waals surface area contributed by atoms with Crippen LogP contribution in [0.1, 0.15) is 29.6 Å². The van der Waals surface area contributed by atoms with Crippen molar-refractivity contribution < 1.29 is 9.53 Å². The maximum Gasteiger partial charge on any atom is 0.282 e. The first-order valence-electron chi connectivity index (χ1n) is 9.65. The normalized spacial score (nSPS) is 14.5. The Balaban J connectivity index is 1.84. The minimum absolute atomic E-state index is 0.0609.